The highest BCUT2D eigenvalue weighted by Crippen LogP contribution is 2.40. The molecule has 1 heterocycles. The molecule has 5 heteroatoms. The molecule has 2 rings (SSSR count). The molecule has 0 amide bonds. The molecule has 82 valence electrons. The van der Waals surface area contributed by atoms with E-state index in [0.29, 0.717) is 28.1 Å². The Kier molecular flexibility index (Phi) is 3.02. The number of alkyl halides is 1. The molecule has 1 aliphatic rings. The van der Waals surface area contributed by atoms with Gasteiger partial charge in [-0.1, -0.05) is 15.9 Å². The van der Waals surface area contributed by atoms with Crippen molar-refractivity contribution in [2.24, 2.45) is 0 Å². The van der Waals surface area contributed by atoms with Gasteiger partial charge in [0.05, 0.1) is 13.2 Å². The Labute approximate surface area is 95.9 Å². The minimum Gasteiger partial charge on any atom is -0.496 e. The van der Waals surface area contributed by atoms with Crippen LogP contribution < -0.4 is 14.2 Å². The molecule has 0 fully saturated rings. The molecule has 0 spiro atoms. The lowest BCUT2D eigenvalue weighted by Gasteiger charge is -2.13. The Bertz CT molecular complexity index is 367. The van der Waals surface area contributed by atoms with Gasteiger partial charge in [-0.05, 0) is 6.07 Å². The van der Waals surface area contributed by atoms with Crippen LogP contribution in [0.2, 0.25) is 0 Å². The first-order valence-corrected chi connectivity index (χ1v) is 5.60. The fraction of sp³-hybridized carbons (Fsp3) is 0.400. The second-order valence-corrected chi connectivity index (χ2v) is 3.77. The molecule has 0 aliphatic carbocycles. The fourth-order valence-electron chi connectivity index (χ4n) is 1.46. The van der Waals surface area contributed by atoms with Gasteiger partial charge in [0.25, 0.3) is 0 Å². The quantitative estimate of drug-likeness (QED) is 0.855. The molecule has 1 aromatic carbocycles. The van der Waals surface area contributed by atoms with Crippen LogP contribution in [0.1, 0.15) is 11.7 Å². The van der Waals surface area contributed by atoms with E-state index >= 15 is 0 Å². The molecule has 1 atom stereocenters. The SMILES string of the molecule is COc1cc2c(cc1C(O)CBr)OCO2. The van der Waals surface area contributed by atoms with Gasteiger partial charge in [-0.3, -0.25) is 0 Å². The van der Waals surface area contributed by atoms with Crippen LogP contribution >= 0.6 is 15.9 Å². The van der Waals surface area contributed by atoms with E-state index in [1.165, 1.54) is 0 Å². The summed E-state index contributed by atoms with van der Waals surface area (Å²) in [5, 5.41) is 10.2. The highest BCUT2D eigenvalue weighted by Gasteiger charge is 2.20. The lowest BCUT2D eigenvalue weighted by Crippen LogP contribution is -2.01. The molecule has 0 aromatic heterocycles. The summed E-state index contributed by atoms with van der Waals surface area (Å²) in [6.07, 6.45) is -0.616. The number of benzene rings is 1. The summed E-state index contributed by atoms with van der Waals surface area (Å²) in [5.74, 6) is 1.90. The summed E-state index contributed by atoms with van der Waals surface area (Å²) in [6, 6.07) is 3.47. The summed E-state index contributed by atoms with van der Waals surface area (Å²) in [6.45, 7) is 0.215. The number of hydrogen-bond donors (Lipinski definition) is 1. The van der Waals surface area contributed by atoms with Crippen molar-refractivity contribution in [2.75, 3.05) is 19.2 Å². The van der Waals surface area contributed by atoms with Gasteiger partial charge in [-0.25, -0.2) is 0 Å². The third-order valence-electron chi connectivity index (χ3n) is 2.23. The zero-order valence-corrected chi connectivity index (χ0v) is 9.78. The van der Waals surface area contributed by atoms with E-state index in [9.17, 15) is 5.11 Å². The largest absolute Gasteiger partial charge is 0.496 e. The zero-order chi connectivity index (χ0) is 10.8. The van der Waals surface area contributed by atoms with Gasteiger partial charge >= 0.3 is 0 Å². The molecule has 0 bridgehead atoms. The first kappa shape index (κ1) is 10.6. The normalized spacial score (nSPS) is 15.1. The zero-order valence-electron chi connectivity index (χ0n) is 8.20. The van der Waals surface area contributed by atoms with Gasteiger partial charge in [-0.2, -0.15) is 0 Å². The van der Waals surface area contributed by atoms with Crippen molar-refractivity contribution < 1.29 is 19.3 Å². The summed E-state index contributed by atoms with van der Waals surface area (Å²) < 4.78 is 15.6. The van der Waals surface area contributed by atoms with E-state index in [0.717, 1.165) is 0 Å². The molecular weight excluding hydrogens is 264 g/mol. The highest BCUT2D eigenvalue weighted by atomic mass is 79.9. The molecule has 1 aromatic rings. The van der Waals surface area contributed by atoms with Crippen LogP contribution in [0.5, 0.6) is 17.2 Å². The molecule has 15 heavy (non-hydrogen) atoms. The van der Waals surface area contributed by atoms with E-state index in [2.05, 4.69) is 15.9 Å². The van der Waals surface area contributed by atoms with Crippen LogP contribution in [0.3, 0.4) is 0 Å². The fourth-order valence-corrected chi connectivity index (χ4v) is 1.81. The monoisotopic (exact) mass is 274 g/mol. The summed E-state index contributed by atoms with van der Waals surface area (Å²) in [4.78, 5) is 0. The van der Waals surface area contributed by atoms with Gasteiger partial charge in [-0.15, -0.1) is 0 Å². The predicted molar refractivity (Wildman–Crippen MR) is 57.9 cm³/mol. The Morgan fingerprint density at radius 1 is 1.47 bits per heavy atom. The molecule has 1 N–H and O–H groups in total. The maximum absolute atomic E-state index is 9.75. The van der Waals surface area contributed by atoms with Crippen molar-refractivity contribution in [3.63, 3.8) is 0 Å². The Balaban J connectivity index is 2.44. The molecule has 1 aliphatic heterocycles. The molecule has 0 saturated carbocycles. The topological polar surface area (TPSA) is 47.9 Å². The maximum Gasteiger partial charge on any atom is 0.231 e. The van der Waals surface area contributed by atoms with Crippen molar-refractivity contribution in [1.29, 1.82) is 0 Å². The number of aliphatic hydroxyl groups excluding tert-OH is 1. The van der Waals surface area contributed by atoms with Gasteiger partial charge in [0, 0.05) is 17.0 Å². The van der Waals surface area contributed by atoms with E-state index < -0.39 is 6.10 Å². The molecule has 1 unspecified atom stereocenters. The standard InChI is InChI=1S/C10H11BrO4/c1-13-8-3-10-9(14-5-15-10)2-6(8)7(12)4-11/h2-3,7,12H,4-5H2,1H3. The van der Waals surface area contributed by atoms with Crippen molar-refractivity contribution >= 4 is 15.9 Å². The number of methoxy groups -OCH3 is 1. The average molecular weight is 275 g/mol. The average Bonchev–Trinajstić information content (AvgIpc) is 2.73. The van der Waals surface area contributed by atoms with Crippen LogP contribution in [0.15, 0.2) is 12.1 Å². The van der Waals surface area contributed by atoms with E-state index in [1.807, 2.05) is 0 Å². The second kappa shape index (κ2) is 4.28. The third-order valence-corrected chi connectivity index (χ3v) is 2.84. The van der Waals surface area contributed by atoms with Crippen molar-refractivity contribution in [3.8, 4) is 17.2 Å². The number of rotatable bonds is 3. The number of hydrogen-bond acceptors (Lipinski definition) is 4. The van der Waals surface area contributed by atoms with Crippen LogP contribution in [0.25, 0.3) is 0 Å². The van der Waals surface area contributed by atoms with Gasteiger partial charge < -0.3 is 19.3 Å². The minimum atomic E-state index is -0.616. The first-order chi connectivity index (χ1) is 7.26. The smallest absolute Gasteiger partial charge is 0.231 e. The first-order valence-electron chi connectivity index (χ1n) is 4.48. The number of fused-ring (bicyclic) bond motifs is 1. The number of halogens is 1. The third kappa shape index (κ3) is 1.89. The van der Waals surface area contributed by atoms with Crippen molar-refractivity contribution in [2.45, 2.75) is 6.10 Å². The van der Waals surface area contributed by atoms with Gasteiger partial charge in [0.2, 0.25) is 6.79 Å². The molecule has 0 radical (unpaired) electrons. The van der Waals surface area contributed by atoms with Crippen LogP contribution in [-0.4, -0.2) is 24.3 Å². The predicted octanol–water partition coefficient (Wildman–Crippen LogP) is 1.85. The maximum atomic E-state index is 9.75. The number of aliphatic hydroxyl groups is 1. The molecule has 0 saturated heterocycles. The van der Waals surface area contributed by atoms with Crippen LogP contribution in [-0.2, 0) is 0 Å². The highest BCUT2D eigenvalue weighted by molar-refractivity contribution is 9.09. The summed E-state index contributed by atoms with van der Waals surface area (Å²) in [5.41, 5.74) is 0.693. The van der Waals surface area contributed by atoms with Crippen molar-refractivity contribution in [1.82, 2.24) is 0 Å². The Morgan fingerprint density at radius 3 is 2.73 bits per heavy atom. The van der Waals surface area contributed by atoms with Crippen LogP contribution in [0, 0.1) is 0 Å². The Hall–Kier alpha value is -0.940. The van der Waals surface area contributed by atoms with E-state index in [-0.39, 0.29) is 6.79 Å². The molecular formula is C10H11BrO4. The van der Waals surface area contributed by atoms with Crippen LogP contribution in [0.4, 0.5) is 0 Å². The van der Waals surface area contributed by atoms with Crippen molar-refractivity contribution in [3.05, 3.63) is 17.7 Å². The summed E-state index contributed by atoms with van der Waals surface area (Å²) in [7, 11) is 1.56. The second-order valence-electron chi connectivity index (χ2n) is 3.12. The lowest BCUT2D eigenvalue weighted by atomic mass is 10.1. The Morgan fingerprint density at radius 2 is 2.13 bits per heavy atom. The molecule has 4 nitrogen and oxygen atoms in total. The minimum absolute atomic E-state index is 0.215. The van der Waals surface area contributed by atoms with Gasteiger partial charge in [0.15, 0.2) is 11.5 Å². The summed E-state index contributed by atoms with van der Waals surface area (Å²) >= 11 is 3.22. The van der Waals surface area contributed by atoms with E-state index in [4.69, 9.17) is 14.2 Å². The number of ether oxygens (including phenoxy) is 3. The van der Waals surface area contributed by atoms with Gasteiger partial charge in [0.1, 0.15) is 5.75 Å². The lowest BCUT2D eigenvalue weighted by molar-refractivity contribution is 0.173. The van der Waals surface area contributed by atoms with E-state index in [1.54, 1.807) is 19.2 Å².